The molecule has 1 aromatic heterocycles. The van der Waals surface area contributed by atoms with Gasteiger partial charge in [0, 0.05) is 17.3 Å². The van der Waals surface area contributed by atoms with Crippen LogP contribution in [-0.4, -0.2) is 30.3 Å². The Balaban J connectivity index is 1.76. The van der Waals surface area contributed by atoms with Gasteiger partial charge in [-0.1, -0.05) is 24.3 Å². The van der Waals surface area contributed by atoms with E-state index in [4.69, 9.17) is 4.74 Å². The van der Waals surface area contributed by atoms with Gasteiger partial charge in [0.15, 0.2) is 0 Å². The first kappa shape index (κ1) is 17.0. The number of aromatic nitrogens is 3. The Morgan fingerprint density at radius 1 is 1.19 bits per heavy atom. The minimum Gasteiger partial charge on any atom is -0.496 e. The van der Waals surface area contributed by atoms with Gasteiger partial charge in [-0.15, -0.1) is 0 Å². The Morgan fingerprint density at radius 2 is 1.96 bits per heavy atom. The van der Waals surface area contributed by atoms with E-state index in [1.54, 1.807) is 30.0 Å². The van der Waals surface area contributed by atoms with Crippen LogP contribution >= 0.6 is 0 Å². The number of rotatable bonds is 4. The normalized spacial score (nSPS) is 17.2. The zero-order chi connectivity index (χ0) is 18.3. The summed E-state index contributed by atoms with van der Waals surface area (Å²) < 4.78 is 36.2. The highest BCUT2D eigenvalue weighted by Crippen LogP contribution is 2.32. The molecule has 0 saturated carbocycles. The molecular weight excluding hydrogens is 352 g/mol. The predicted octanol–water partition coefficient (Wildman–Crippen LogP) is 2.56. The van der Waals surface area contributed by atoms with E-state index in [1.165, 1.54) is 0 Å². The second-order valence-corrected chi connectivity index (χ2v) is 8.05. The summed E-state index contributed by atoms with van der Waals surface area (Å²) in [6.07, 6.45) is 1.55. The van der Waals surface area contributed by atoms with Crippen LogP contribution in [0.25, 0.3) is 10.8 Å². The number of nitrogens with one attached hydrogen (secondary N) is 1. The molecule has 8 heteroatoms. The van der Waals surface area contributed by atoms with Crippen LogP contribution in [0.15, 0.2) is 41.3 Å². The molecule has 1 aliphatic rings. The van der Waals surface area contributed by atoms with Crippen molar-refractivity contribution < 1.29 is 13.2 Å². The van der Waals surface area contributed by atoms with E-state index < -0.39 is 10.0 Å². The molecule has 0 saturated heterocycles. The Labute approximate surface area is 152 Å². The summed E-state index contributed by atoms with van der Waals surface area (Å²) in [7, 11) is -2.16. The summed E-state index contributed by atoms with van der Waals surface area (Å²) in [6, 6.07) is 10.2. The lowest BCUT2D eigenvalue weighted by atomic mass is 10.1. The van der Waals surface area contributed by atoms with Gasteiger partial charge in [-0.25, -0.2) is 22.8 Å². The largest absolute Gasteiger partial charge is 0.496 e. The molecule has 0 fully saturated rings. The van der Waals surface area contributed by atoms with Crippen LogP contribution in [0.2, 0.25) is 0 Å². The highest BCUT2D eigenvalue weighted by atomic mass is 32.2. The highest BCUT2D eigenvalue weighted by Gasteiger charge is 2.29. The Bertz CT molecular complexity index is 1080. The van der Waals surface area contributed by atoms with E-state index in [0.717, 1.165) is 18.4 Å². The van der Waals surface area contributed by atoms with Crippen molar-refractivity contribution in [1.82, 2.24) is 19.5 Å². The lowest BCUT2D eigenvalue weighted by molar-refractivity contribution is 0.399. The minimum absolute atomic E-state index is 0.238. The number of methoxy groups -OCH3 is 1. The average molecular weight is 372 g/mol. The van der Waals surface area contributed by atoms with E-state index in [0.29, 0.717) is 29.2 Å². The summed E-state index contributed by atoms with van der Waals surface area (Å²) in [5.41, 5.74) is 0. The fourth-order valence-electron chi connectivity index (χ4n) is 3.49. The van der Waals surface area contributed by atoms with E-state index in [1.807, 2.05) is 25.1 Å². The van der Waals surface area contributed by atoms with Crippen LogP contribution in [0.4, 0.5) is 0 Å². The molecule has 1 unspecified atom stereocenters. The third-order valence-corrected chi connectivity index (χ3v) is 6.16. The van der Waals surface area contributed by atoms with Gasteiger partial charge < -0.3 is 4.74 Å². The molecule has 3 aromatic rings. The van der Waals surface area contributed by atoms with Gasteiger partial charge in [0.1, 0.15) is 17.4 Å². The van der Waals surface area contributed by atoms with Crippen molar-refractivity contribution in [2.75, 3.05) is 7.11 Å². The van der Waals surface area contributed by atoms with Gasteiger partial charge in [0.25, 0.3) is 0 Å². The smallest absolute Gasteiger partial charge is 0.241 e. The van der Waals surface area contributed by atoms with Gasteiger partial charge in [0.2, 0.25) is 10.0 Å². The molecule has 0 bridgehead atoms. The number of nitrogens with zero attached hydrogens (tertiary/aromatic N) is 3. The van der Waals surface area contributed by atoms with Crippen LogP contribution in [-0.2, 0) is 16.6 Å². The molecule has 136 valence electrons. The monoisotopic (exact) mass is 372 g/mol. The van der Waals surface area contributed by atoms with Crippen molar-refractivity contribution in [1.29, 1.82) is 0 Å². The van der Waals surface area contributed by atoms with E-state index >= 15 is 0 Å². The fraction of sp³-hybridized carbons (Fsp3) is 0.333. The Morgan fingerprint density at radius 3 is 2.73 bits per heavy atom. The minimum atomic E-state index is -3.73. The van der Waals surface area contributed by atoms with Gasteiger partial charge >= 0.3 is 0 Å². The molecule has 26 heavy (non-hydrogen) atoms. The first-order valence-electron chi connectivity index (χ1n) is 8.49. The number of aryl methyl sites for hydroxylation is 2. The molecule has 0 aliphatic carbocycles. The standard InChI is InChI=1S/C18H20N4O3S/c1-12-19-18-15(8-5-11-22(18)20-12)21-26(23,24)17-10-9-16(25-2)13-6-3-4-7-14(13)17/h3-4,6-7,9-10,15,21H,5,8,11H2,1-2H3. The molecule has 1 aliphatic heterocycles. The zero-order valence-electron chi connectivity index (χ0n) is 14.6. The van der Waals surface area contributed by atoms with E-state index in [-0.39, 0.29) is 10.9 Å². The predicted molar refractivity (Wildman–Crippen MR) is 97.6 cm³/mol. The lowest BCUT2D eigenvalue weighted by Crippen LogP contribution is -2.33. The van der Waals surface area contributed by atoms with Crippen LogP contribution in [0, 0.1) is 6.92 Å². The van der Waals surface area contributed by atoms with Crippen molar-refractivity contribution in [2.24, 2.45) is 0 Å². The van der Waals surface area contributed by atoms with Crippen molar-refractivity contribution in [3.63, 3.8) is 0 Å². The number of benzene rings is 2. The summed E-state index contributed by atoms with van der Waals surface area (Å²) in [5.74, 6) is 1.98. The molecule has 0 amide bonds. The van der Waals surface area contributed by atoms with Gasteiger partial charge in [-0.2, -0.15) is 5.10 Å². The molecule has 1 atom stereocenters. The molecular formula is C18H20N4O3S. The number of fused-ring (bicyclic) bond motifs is 2. The zero-order valence-corrected chi connectivity index (χ0v) is 15.5. The molecule has 4 rings (SSSR count). The lowest BCUT2D eigenvalue weighted by Gasteiger charge is -2.23. The van der Waals surface area contributed by atoms with Gasteiger partial charge in [0.05, 0.1) is 18.0 Å². The van der Waals surface area contributed by atoms with Crippen molar-refractivity contribution in [3.8, 4) is 5.75 Å². The number of ether oxygens (including phenoxy) is 1. The molecule has 0 spiro atoms. The van der Waals surface area contributed by atoms with Crippen LogP contribution in [0.1, 0.15) is 30.5 Å². The van der Waals surface area contributed by atoms with Gasteiger partial charge in [-0.05, 0) is 31.9 Å². The fourth-order valence-corrected chi connectivity index (χ4v) is 4.93. The molecule has 2 aromatic carbocycles. The average Bonchev–Trinajstić information content (AvgIpc) is 3.02. The van der Waals surface area contributed by atoms with Crippen molar-refractivity contribution >= 4 is 20.8 Å². The van der Waals surface area contributed by atoms with Crippen LogP contribution < -0.4 is 9.46 Å². The first-order valence-corrected chi connectivity index (χ1v) is 9.97. The van der Waals surface area contributed by atoms with Crippen molar-refractivity contribution in [2.45, 2.75) is 37.2 Å². The quantitative estimate of drug-likeness (QED) is 0.761. The van der Waals surface area contributed by atoms with Crippen molar-refractivity contribution in [3.05, 3.63) is 48.0 Å². The molecule has 0 radical (unpaired) electrons. The third kappa shape index (κ3) is 2.85. The number of hydrogen-bond acceptors (Lipinski definition) is 5. The third-order valence-electron chi connectivity index (χ3n) is 4.63. The van der Waals surface area contributed by atoms with Gasteiger partial charge in [-0.3, -0.25) is 0 Å². The summed E-state index contributed by atoms with van der Waals surface area (Å²) in [6.45, 7) is 2.58. The first-order chi connectivity index (χ1) is 12.5. The molecule has 2 heterocycles. The molecule has 1 N–H and O–H groups in total. The van der Waals surface area contributed by atoms with E-state index in [2.05, 4.69) is 14.8 Å². The maximum Gasteiger partial charge on any atom is 0.241 e. The SMILES string of the molecule is COc1ccc(S(=O)(=O)NC2CCCn3nc(C)nc32)c2ccccc12. The second kappa shape index (κ2) is 6.37. The topological polar surface area (TPSA) is 86.1 Å². The van der Waals surface area contributed by atoms with E-state index in [9.17, 15) is 8.42 Å². The second-order valence-electron chi connectivity index (χ2n) is 6.37. The Hall–Kier alpha value is -2.45. The summed E-state index contributed by atoms with van der Waals surface area (Å²) in [4.78, 5) is 4.64. The number of sulfonamides is 1. The molecule has 7 nitrogen and oxygen atoms in total. The Kier molecular flexibility index (Phi) is 4.16. The van der Waals surface area contributed by atoms with Crippen LogP contribution in [0.3, 0.4) is 0 Å². The van der Waals surface area contributed by atoms with Crippen LogP contribution in [0.5, 0.6) is 5.75 Å². The highest BCUT2D eigenvalue weighted by molar-refractivity contribution is 7.89. The summed E-state index contributed by atoms with van der Waals surface area (Å²) >= 11 is 0. The maximum absolute atomic E-state index is 13.1. The summed E-state index contributed by atoms with van der Waals surface area (Å²) in [5, 5.41) is 5.73. The number of hydrogen-bond donors (Lipinski definition) is 1. The maximum atomic E-state index is 13.1.